The molecule has 5 heteroatoms. The molecule has 1 heterocycles. The molecule has 1 aliphatic rings. The molecule has 2 atom stereocenters. The molecule has 1 saturated heterocycles. The Morgan fingerprint density at radius 1 is 1.56 bits per heavy atom. The SMILES string of the molecule is COc1cccc(N2CCC(NC(C)=O)C2I)c1. The Morgan fingerprint density at radius 3 is 3.00 bits per heavy atom. The van der Waals surface area contributed by atoms with E-state index in [-0.39, 0.29) is 16.0 Å². The molecule has 0 spiro atoms. The van der Waals surface area contributed by atoms with Gasteiger partial charge >= 0.3 is 0 Å². The highest BCUT2D eigenvalue weighted by atomic mass is 127. The number of alkyl halides is 1. The Bertz CT molecular complexity index is 439. The van der Waals surface area contributed by atoms with Gasteiger partial charge < -0.3 is 15.0 Å². The van der Waals surface area contributed by atoms with Crippen LogP contribution in [-0.4, -0.2) is 29.7 Å². The van der Waals surface area contributed by atoms with Crippen LogP contribution in [0.2, 0.25) is 0 Å². The number of rotatable bonds is 3. The predicted molar refractivity (Wildman–Crippen MR) is 80.4 cm³/mol. The van der Waals surface area contributed by atoms with Crippen LogP contribution in [0, 0.1) is 0 Å². The van der Waals surface area contributed by atoms with Crippen molar-refractivity contribution >= 4 is 34.2 Å². The number of ether oxygens (including phenoxy) is 1. The van der Waals surface area contributed by atoms with Gasteiger partial charge in [-0.1, -0.05) is 28.7 Å². The Morgan fingerprint density at radius 2 is 2.33 bits per heavy atom. The van der Waals surface area contributed by atoms with Gasteiger partial charge in [-0.3, -0.25) is 4.79 Å². The minimum atomic E-state index is 0.0363. The maximum Gasteiger partial charge on any atom is 0.217 e. The highest BCUT2D eigenvalue weighted by Gasteiger charge is 2.32. The van der Waals surface area contributed by atoms with Gasteiger partial charge in [0.25, 0.3) is 0 Å². The highest BCUT2D eigenvalue weighted by molar-refractivity contribution is 14.1. The summed E-state index contributed by atoms with van der Waals surface area (Å²) in [7, 11) is 1.67. The van der Waals surface area contributed by atoms with E-state index in [1.54, 1.807) is 14.0 Å². The summed E-state index contributed by atoms with van der Waals surface area (Å²) in [6.45, 7) is 2.52. The predicted octanol–water partition coefficient (Wildman–Crippen LogP) is 2.17. The van der Waals surface area contributed by atoms with Crippen LogP contribution in [-0.2, 0) is 4.79 Å². The van der Waals surface area contributed by atoms with Crippen LogP contribution in [0.5, 0.6) is 5.75 Å². The van der Waals surface area contributed by atoms with E-state index < -0.39 is 0 Å². The number of halogens is 1. The van der Waals surface area contributed by atoms with Gasteiger partial charge in [0.05, 0.1) is 13.2 Å². The minimum Gasteiger partial charge on any atom is -0.497 e. The third-order valence-corrected chi connectivity index (χ3v) is 4.62. The number of amides is 1. The van der Waals surface area contributed by atoms with Crippen molar-refractivity contribution in [1.29, 1.82) is 0 Å². The summed E-state index contributed by atoms with van der Waals surface area (Å²) < 4.78 is 5.52. The molecule has 0 aliphatic carbocycles. The molecule has 1 N–H and O–H groups in total. The van der Waals surface area contributed by atoms with Crippen LogP contribution >= 0.6 is 22.6 Å². The zero-order chi connectivity index (χ0) is 13.1. The fourth-order valence-electron chi connectivity index (χ4n) is 2.22. The van der Waals surface area contributed by atoms with Gasteiger partial charge in [0.2, 0.25) is 5.91 Å². The number of hydrogen-bond donors (Lipinski definition) is 1. The van der Waals surface area contributed by atoms with Crippen LogP contribution < -0.4 is 15.0 Å². The van der Waals surface area contributed by atoms with E-state index in [4.69, 9.17) is 4.74 Å². The Balaban J connectivity index is 2.12. The quantitative estimate of drug-likeness (QED) is 0.510. The number of methoxy groups -OCH3 is 1. The Hall–Kier alpha value is -0.980. The van der Waals surface area contributed by atoms with Crippen molar-refractivity contribution in [2.24, 2.45) is 0 Å². The van der Waals surface area contributed by atoms with Gasteiger partial charge in [-0.25, -0.2) is 0 Å². The molecule has 2 unspecified atom stereocenters. The lowest BCUT2D eigenvalue weighted by atomic mass is 10.2. The number of benzene rings is 1. The number of carbonyl (C=O) groups excluding carboxylic acids is 1. The van der Waals surface area contributed by atoms with Gasteiger partial charge in [-0.2, -0.15) is 0 Å². The van der Waals surface area contributed by atoms with E-state index in [0.717, 1.165) is 24.4 Å². The van der Waals surface area contributed by atoms with Gasteiger partial charge in [-0.15, -0.1) is 0 Å². The van der Waals surface area contributed by atoms with Crippen molar-refractivity contribution in [2.75, 3.05) is 18.6 Å². The average molecular weight is 360 g/mol. The highest BCUT2D eigenvalue weighted by Crippen LogP contribution is 2.31. The standard InChI is InChI=1S/C13H17IN2O2/c1-9(17)15-12-6-7-16(13(12)14)10-4-3-5-11(8-10)18-2/h3-5,8,12-13H,6-7H2,1-2H3,(H,15,17). The summed E-state index contributed by atoms with van der Waals surface area (Å²) in [6.07, 6.45) is 0.977. The second-order valence-corrected chi connectivity index (χ2v) is 5.64. The van der Waals surface area contributed by atoms with E-state index in [0.29, 0.717) is 0 Å². The molecule has 0 saturated carbocycles. The molecule has 1 amide bonds. The van der Waals surface area contributed by atoms with Gasteiger partial charge in [0, 0.05) is 25.2 Å². The van der Waals surface area contributed by atoms with Crippen molar-refractivity contribution in [3.63, 3.8) is 0 Å². The number of anilines is 1. The topological polar surface area (TPSA) is 41.6 Å². The van der Waals surface area contributed by atoms with Crippen molar-refractivity contribution in [3.8, 4) is 5.75 Å². The normalized spacial score (nSPS) is 22.9. The summed E-state index contributed by atoms with van der Waals surface area (Å²) in [4.78, 5) is 13.4. The Labute approximate surface area is 121 Å². The minimum absolute atomic E-state index is 0.0363. The van der Waals surface area contributed by atoms with Crippen molar-refractivity contribution in [2.45, 2.75) is 23.4 Å². The lowest BCUT2D eigenvalue weighted by Gasteiger charge is -2.25. The Kier molecular flexibility index (Phi) is 4.31. The van der Waals surface area contributed by atoms with Crippen molar-refractivity contribution < 1.29 is 9.53 Å². The van der Waals surface area contributed by atoms with E-state index in [1.165, 1.54) is 0 Å². The molecule has 4 nitrogen and oxygen atoms in total. The smallest absolute Gasteiger partial charge is 0.217 e. The summed E-state index contributed by atoms with van der Waals surface area (Å²) in [5.74, 6) is 0.897. The summed E-state index contributed by atoms with van der Waals surface area (Å²) in [6, 6.07) is 8.25. The first-order chi connectivity index (χ1) is 8.61. The first-order valence-electron chi connectivity index (χ1n) is 5.93. The second-order valence-electron chi connectivity index (χ2n) is 4.36. The third kappa shape index (κ3) is 2.88. The zero-order valence-electron chi connectivity index (χ0n) is 10.5. The van der Waals surface area contributed by atoms with E-state index in [2.05, 4.69) is 38.9 Å². The number of nitrogens with one attached hydrogen (secondary N) is 1. The average Bonchev–Trinajstić information content (AvgIpc) is 2.70. The largest absolute Gasteiger partial charge is 0.497 e. The summed E-state index contributed by atoms with van der Waals surface area (Å²) >= 11 is 2.39. The van der Waals surface area contributed by atoms with Crippen LogP contribution in [0.1, 0.15) is 13.3 Å². The lowest BCUT2D eigenvalue weighted by Crippen LogP contribution is -2.40. The van der Waals surface area contributed by atoms with Crippen LogP contribution in [0.3, 0.4) is 0 Å². The fraction of sp³-hybridized carbons (Fsp3) is 0.462. The first-order valence-corrected chi connectivity index (χ1v) is 7.18. The van der Waals surface area contributed by atoms with Gasteiger partial charge in [-0.05, 0) is 18.6 Å². The molecular formula is C13H17IN2O2. The molecule has 2 rings (SSSR count). The molecule has 18 heavy (non-hydrogen) atoms. The summed E-state index contributed by atoms with van der Waals surface area (Å²) in [5, 5.41) is 3.00. The van der Waals surface area contributed by atoms with E-state index in [9.17, 15) is 4.79 Å². The maximum absolute atomic E-state index is 11.1. The molecule has 0 aromatic heterocycles. The molecule has 0 radical (unpaired) electrons. The van der Waals surface area contributed by atoms with Crippen LogP contribution in [0.15, 0.2) is 24.3 Å². The van der Waals surface area contributed by atoms with Gasteiger partial charge in [0.15, 0.2) is 0 Å². The lowest BCUT2D eigenvalue weighted by molar-refractivity contribution is -0.119. The van der Waals surface area contributed by atoms with Crippen LogP contribution in [0.4, 0.5) is 5.69 Å². The first kappa shape index (κ1) is 13.5. The zero-order valence-corrected chi connectivity index (χ0v) is 12.7. The number of hydrogen-bond acceptors (Lipinski definition) is 3. The molecule has 0 bridgehead atoms. The molecule has 98 valence electrons. The molecule has 1 fully saturated rings. The van der Waals surface area contributed by atoms with Gasteiger partial charge in [0.1, 0.15) is 9.80 Å². The molecule has 1 aromatic carbocycles. The molecular weight excluding hydrogens is 343 g/mol. The summed E-state index contributed by atoms with van der Waals surface area (Å²) in [5.41, 5.74) is 1.14. The molecule has 1 aliphatic heterocycles. The number of carbonyl (C=O) groups is 1. The van der Waals surface area contributed by atoms with E-state index >= 15 is 0 Å². The van der Waals surface area contributed by atoms with E-state index in [1.807, 2.05) is 18.2 Å². The molecule has 1 aromatic rings. The van der Waals surface area contributed by atoms with Crippen molar-refractivity contribution in [3.05, 3.63) is 24.3 Å². The second kappa shape index (κ2) is 5.77. The van der Waals surface area contributed by atoms with Crippen molar-refractivity contribution in [1.82, 2.24) is 5.32 Å². The number of nitrogens with zero attached hydrogens (tertiary/aromatic N) is 1. The third-order valence-electron chi connectivity index (χ3n) is 3.08. The maximum atomic E-state index is 11.1. The van der Waals surface area contributed by atoms with Crippen LogP contribution in [0.25, 0.3) is 0 Å². The monoisotopic (exact) mass is 360 g/mol. The fourth-order valence-corrected chi connectivity index (χ4v) is 3.36.